The van der Waals surface area contributed by atoms with Gasteiger partial charge in [0, 0.05) is 18.0 Å². The van der Waals surface area contributed by atoms with Gasteiger partial charge in [-0.15, -0.1) is 11.3 Å². The molecule has 98 valence electrons. The van der Waals surface area contributed by atoms with E-state index in [1.54, 1.807) is 11.3 Å². The number of nitrogens with two attached hydrogens (primary N) is 1. The van der Waals surface area contributed by atoms with Crippen LogP contribution in [-0.2, 0) is 13.1 Å². The van der Waals surface area contributed by atoms with E-state index in [4.69, 9.17) is 10.7 Å². The molecule has 0 unspecified atom stereocenters. The molecule has 0 amide bonds. The molecule has 0 saturated heterocycles. The Hall–Kier alpha value is -1.65. The third-order valence-electron chi connectivity index (χ3n) is 3.33. The number of imidazole rings is 1. The average molecular weight is 271 g/mol. The van der Waals surface area contributed by atoms with Crippen molar-refractivity contribution < 1.29 is 0 Å². The predicted molar refractivity (Wildman–Crippen MR) is 81.3 cm³/mol. The standard InChI is InChI=1S/C15H17N3S/c1-3-18-13-6-5-11(9-16)8-12(13)17-15(18)14-7-4-10(2)19-14/h4-8H,3,9,16H2,1-2H3. The third-order valence-corrected chi connectivity index (χ3v) is 4.32. The van der Waals surface area contributed by atoms with Crippen LogP contribution >= 0.6 is 11.3 Å². The van der Waals surface area contributed by atoms with Crippen LogP contribution in [0.4, 0.5) is 0 Å². The summed E-state index contributed by atoms with van der Waals surface area (Å²) >= 11 is 1.79. The van der Waals surface area contributed by atoms with Crippen LogP contribution < -0.4 is 5.73 Å². The topological polar surface area (TPSA) is 43.8 Å². The third kappa shape index (κ3) is 2.07. The van der Waals surface area contributed by atoms with Crippen molar-refractivity contribution in [1.82, 2.24) is 9.55 Å². The Labute approximate surface area is 116 Å². The van der Waals surface area contributed by atoms with Gasteiger partial charge in [0.15, 0.2) is 5.82 Å². The zero-order valence-electron chi connectivity index (χ0n) is 11.2. The van der Waals surface area contributed by atoms with E-state index in [9.17, 15) is 0 Å². The van der Waals surface area contributed by atoms with E-state index in [-0.39, 0.29) is 0 Å². The van der Waals surface area contributed by atoms with Crippen molar-refractivity contribution in [1.29, 1.82) is 0 Å². The minimum atomic E-state index is 0.558. The molecule has 0 bridgehead atoms. The lowest BCUT2D eigenvalue weighted by atomic mass is 10.2. The van der Waals surface area contributed by atoms with Crippen molar-refractivity contribution in [2.75, 3.05) is 0 Å². The normalized spacial score (nSPS) is 11.3. The van der Waals surface area contributed by atoms with Gasteiger partial charge in [-0.1, -0.05) is 6.07 Å². The molecule has 0 aliphatic carbocycles. The van der Waals surface area contributed by atoms with E-state index < -0.39 is 0 Å². The van der Waals surface area contributed by atoms with Crippen molar-refractivity contribution in [3.63, 3.8) is 0 Å². The van der Waals surface area contributed by atoms with Gasteiger partial charge in [0.05, 0.1) is 15.9 Å². The zero-order valence-corrected chi connectivity index (χ0v) is 12.0. The van der Waals surface area contributed by atoms with E-state index in [1.165, 1.54) is 15.3 Å². The van der Waals surface area contributed by atoms with Gasteiger partial charge in [0.2, 0.25) is 0 Å². The van der Waals surface area contributed by atoms with Gasteiger partial charge in [-0.3, -0.25) is 0 Å². The first kappa shape index (κ1) is 12.4. The minimum absolute atomic E-state index is 0.558. The highest BCUT2D eigenvalue weighted by Crippen LogP contribution is 2.30. The van der Waals surface area contributed by atoms with Crippen molar-refractivity contribution in [3.8, 4) is 10.7 Å². The number of hydrogen-bond donors (Lipinski definition) is 1. The predicted octanol–water partition coefficient (Wildman–Crippen LogP) is 3.55. The smallest absolute Gasteiger partial charge is 0.151 e. The molecule has 3 aromatic rings. The summed E-state index contributed by atoms with van der Waals surface area (Å²) < 4.78 is 2.26. The molecule has 0 fully saturated rings. The van der Waals surface area contributed by atoms with Crippen LogP contribution in [0.3, 0.4) is 0 Å². The highest BCUT2D eigenvalue weighted by Gasteiger charge is 2.13. The van der Waals surface area contributed by atoms with Crippen LogP contribution in [0.15, 0.2) is 30.3 Å². The second-order valence-electron chi connectivity index (χ2n) is 4.62. The fraction of sp³-hybridized carbons (Fsp3) is 0.267. The van der Waals surface area contributed by atoms with E-state index in [0.717, 1.165) is 23.4 Å². The molecule has 2 N–H and O–H groups in total. The summed E-state index contributed by atoms with van der Waals surface area (Å²) in [6, 6.07) is 10.6. The zero-order chi connectivity index (χ0) is 13.4. The van der Waals surface area contributed by atoms with Gasteiger partial charge in [0.1, 0.15) is 0 Å². The lowest BCUT2D eigenvalue weighted by Gasteiger charge is -2.04. The molecule has 3 nitrogen and oxygen atoms in total. The summed E-state index contributed by atoms with van der Waals surface area (Å²) in [5, 5.41) is 0. The summed E-state index contributed by atoms with van der Waals surface area (Å²) in [6.45, 7) is 5.76. The van der Waals surface area contributed by atoms with Crippen LogP contribution in [0.2, 0.25) is 0 Å². The van der Waals surface area contributed by atoms with Crippen molar-refractivity contribution in [2.24, 2.45) is 5.73 Å². The Morgan fingerprint density at radius 3 is 2.74 bits per heavy atom. The van der Waals surface area contributed by atoms with Gasteiger partial charge >= 0.3 is 0 Å². The second-order valence-corrected chi connectivity index (χ2v) is 5.91. The fourth-order valence-electron chi connectivity index (χ4n) is 2.37. The fourth-order valence-corrected chi connectivity index (χ4v) is 3.23. The number of hydrogen-bond acceptors (Lipinski definition) is 3. The van der Waals surface area contributed by atoms with E-state index in [1.807, 2.05) is 0 Å². The number of thiophene rings is 1. The van der Waals surface area contributed by atoms with Crippen LogP contribution in [-0.4, -0.2) is 9.55 Å². The maximum absolute atomic E-state index is 5.70. The number of aryl methyl sites for hydroxylation is 2. The first-order chi connectivity index (χ1) is 9.22. The highest BCUT2D eigenvalue weighted by atomic mass is 32.1. The van der Waals surface area contributed by atoms with Crippen LogP contribution in [0, 0.1) is 6.92 Å². The molecule has 2 aromatic heterocycles. The molecule has 3 rings (SSSR count). The molecule has 1 aromatic carbocycles. The monoisotopic (exact) mass is 271 g/mol. The number of nitrogens with zero attached hydrogens (tertiary/aromatic N) is 2. The SMILES string of the molecule is CCn1c(-c2ccc(C)s2)nc2cc(CN)ccc21. The van der Waals surface area contributed by atoms with Crippen LogP contribution in [0.1, 0.15) is 17.4 Å². The quantitative estimate of drug-likeness (QED) is 0.791. The van der Waals surface area contributed by atoms with Gasteiger partial charge in [0.25, 0.3) is 0 Å². The summed E-state index contributed by atoms with van der Waals surface area (Å²) in [5.41, 5.74) is 9.04. The lowest BCUT2D eigenvalue weighted by molar-refractivity contribution is 0.798. The van der Waals surface area contributed by atoms with E-state index >= 15 is 0 Å². The number of benzene rings is 1. The lowest BCUT2D eigenvalue weighted by Crippen LogP contribution is -1.97. The molecular weight excluding hydrogens is 254 g/mol. The largest absolute Gasteiger partial charge is 0.326 e. The summed E-state index contributed by atoms with van der Waals surface area (Å²) in [5.74, 6) is 1.06. The van der Waals surface area contributed by atoms with Crippen LogP contribution in [0.25, 0.3) is 21.7 Å². The Morgan fingerprint density at radius 1 is 1.26 bits per heavy atom. The molecule has 0 aliphatic heterocycles. The van der Waals surface area contributed by atoms with Crippen molar-refractivity contribution in [3.05, 3.63) is 40.8 Å². The Morgan fingerprint density at radius 2 is 2.11 bits per heavy atom. The summed E-state index contributed by atoms with van der Waals surface area (Å²) in [6.07, 6.45) is 0. The highest BCUT2D eigenvalue weighted by molar-refractivity contribution is 7.15. The Bertz CT molecular complexity index is 724. The molecule has 4 heteroatoms. The van der Waals surface area contributed by atoms with Gasteiger partial charge < -0.3 is 10.3 Å². The molecule has 0 radical (unpaired) electrons. The first-order valence-corrected chi connectivity index (χ1v) is 7.30. The van der Waals surface area contributed by atoms with Crippen molar-refractivity contribution in [2.45, 2.75) is 26.9 Å². The summed E-state index contributed by atoms with van der Waals surface area (Å²) in [7, 11) is 0. The molecule has 2 heterocycles. The van der Waals surface area contributed by atoms with E-state index in [2.05, 4.69) is 48.7 Å². The average Bonchev–Trinajstić information content (AvgIpc) is 3.00. The molecule has 0 atom stereocenters. The molecule has 19 heavy (non-hydrogen) atoms. The molecule has 0 aliphatic rings. The molecule has 0 saturated carbocycles. The van der Waals surface area contributed by atoms with Crippen molar-refractivity contribution >= 4 is 22.4 Å². The number of rotatable bonds is 3. The van der Waals surface area contributed by atoms with Gasteiger partial charge in [-0.25, -0.2) is 4.98 Å². The number of fused-ring (bicyclic) bond motifs is 1. The maximum atomic E-state index is 5.70. The van der Waals surface area contributed by atoms with Gasteiger partial charge in [-0.05, 0) is 43.7 Å². The minimum Gasteiger partial charge on any atom is -0.326 e. The molecular formula is C15H17N3S. The maximum Gasteiger partial charge on any atom is 0.151 e. The van der Waals surface area contributed by atoms with Crippen LogP contribution in [0.5, 0.6) is 0 Å². The first-order valence-electron chi connectivity index (χ1n) is 6.49. The molecule has 0 spiro atoms. The van der Waals surface area contributed by atoms with Gasteiger partial charge in [-0.2, -0.15) is 0 Å². The second kappa shape index (κ2) is 4.79. The summed E-state index contributed by atoms with van der Waals surface area (Å²) in [4.78, 5) is 7.33. The Balaban J connectivity index is 2.24. The van der Waals surface area contributed by atoms with E-state index in [0.29, 0.717) is 6.54 Å². The number of aromatic nitrogens is 2. The Kier molecular flexibility index (Phi) is 3.12.